The van der Waals surface area contributed by atoms with Gasteiger partial charge < -0.3 is 0 Å². The van der Waals surface area contributed by atoms with E-state index in [-0.39, 0.29) is 14.3 Å². The van der Waals surface area contributed by atoms with Crippen LogP contribution in [0.3, 0.4) is 0 Å². The van der Waals surface area contributed by atoms with Crippen molar-refractivity contribution in [3.05, 3.63) is 57.2 Å². The molecule has 96 valence electrons. The van der Waals surface area contributed by atoms with Gasteiger partial charge in [-0.3, -0.25) is 0 Å². The van der Waals surface area contributed by atoms with Gasteiger partial charge in [0.1, 0.15) is 0 Å². The summed E-state index contributed by atoms with van der Waals surface area (Å²) in [7, 11) is 0. The first-order valence-corrected chi connectivity index (χ1v) is 6.42. The average Bonchev–Trinajstić information content (AvgIpc) is 2.40. The summed E-state index contributed by atoms with van der Waals surface area (Å²) < 4.78 is 54.9. The molecule has 0 atom stereocenters. The quantitative estimate of drug-likeness (QED) is 0.220. The Balaban J connectivity index is 2.66. The van der Waals surface area contributed by atoms with Crippen LogP contribution in [0.2, 0.25) is 0 Å². The van der Waals surface area contributed by atoms with Gasteiger partial charge in [-0.2, -0.15) is 0 Å². The van der Waals surface area contributed by atoms with E-state index in [1.54, 1.807) is 34.7 Å². The van der Waals surface area contributed by atoms with Crippen LogP contribution in [0.1, 0.15) is 0 Å². The van der Waals surface area contributed by atoms with Crippen molar-refractivity contribution in [1.82, 2.24) is 0 Å². The predicted molar refractivity (Wildman–Crippen MR) is 74.0 cm³/mol. The van der Waals surface area contributed by atoms with Gasteiger partial charge >= 0.3 is 0 Å². The molecule has 0 aliphatic carbocycles. The Hall–Kier alpha value is -1.37. The summed E-state index contributed by atoms with van der Waals surface area (Å²) in [5, 5.41) is 0.198. The highest BCUT2D eigenvalue weighted by molar-refractivity contribution is 14.1. The fourth-order valence-corrected chi connectivity index (χ4v) is 2.71. The van der Waals surface area contributed by atoms with Crippen molar-refractivity contribution < 1.29 is 17.6 Å². The van der Waals surface area contributed by atoms with Gasteiger partial charge in [-0.05, 0) is 45.5 Å². The fourth-order valence-electron chi connectivity index (χ4n) is 2.14. The van der Waals surface area contributed by atoms with E-state index >= 15 is 0 Å². The largest absolute Gasteiger partial charge is 0.204 e. The minimum absolute atomic E-state index is 0.0961. The van der Waals surface area contributed by atoms with Crippen LogP contribution in [0.25, 0.3) is 21.5 Å². The molecule has 0 heterocycles. The Bertz CT molecular complexity index is 827. The number of hydrogen-bond donors (Lipinski definition) is 0. The van der Waals surface area contributed by atoms with Crippen LogP contribution in [-0.2, 0) is 0 Å². The molecule has 0 spiro atoms. The van der Waals surface area contributed by atoms with Crippen LogP contribution >= 0.6 is 22.6 Å². The number of halogens is 5. The lowest BCUT2D eigenvalue weighted by Crippen LogP contribution is -1.95. The average molecular weight is 376 g/mol. The standard InChI is InChI=1S/C14H5F4I/c15-8-4-3-6-1-2-7-5-9(19)13(17)14(18)11(7)10(6)12(8)16/h1-5H. The molecule has 0 bridgehead atoms. The van der Waals surface area contributed by atoms with Crippen LogP contribution in [-0.4, -0.2) is 0 Å². The zero-order chi connectivity index (χ0) is 13.7. The molecule has 19 heavy (non-hydrogen) atoms. The molecular weight excluding hydrogens is 371 g/mol. The van der Waals surface area contributed by atoms with Crippen molar-refractivity contribution in [1.29, 1.82) is 0 Å². The molecule has 3 rings (SSSR count). The molecule has 3 aromatic rings. The lowest BCUT2D eigenvalue weighted by Gasteiger charge is -2.08. The third kappa shape index (κ3) is 1.79. The van der Waals surface area contributed by atoms with E-state index in [0.717, 1.165) is 6.07 Å². The smallest absolute Gasteiger partial charge is 0.172 e. The molecule has 0 nitrogen and oxygen atoms in total. The van der Waals surface area contributed by atoms with Gasteiger partial charge in [0.25, 0.3) is 0 Å². The van der Waals surface area contributed by atoms with Crippen molar-refractivity contribution in [2.75, 3.05) is 0 Å². The first-order chi connectivity index (χ1) is 9.00. The highest BCUT2D eigenvalue weighted by Gasteiger charge is 2.18. The van der Waals surface area contributed by atoms with Crippen LogP contribution < -0.4 is 0 Å². The number of fused-ring (bicyclic) bond motifs is 3. The third-order valence-corrected chi connectivity index (χ3v) is 3.80. The predicted octanol–water partition coefficient (Wildman–Crippen LogP) is 5.15. The number of hydrogen-bond acceptors (Lipinski definition) is 0. The summed E-state index contributed by atoms with van der Waals surface area (Å²) in [6, 6.07) is 6.80. The van der Waals surface area contributed by atoms with Gasteiger partial charge in [0.2, 0.25) is 0 Å². The minimum atomic E-state index is -1.16. The molecular formula is C14H5F4I. The molecule has 0 amide bonds. The van der Waals surface area contributed by atoms with Crippen molar-refractivity contribution in [3.8, 4) is 0 Å². The molecule has 0 fully saturated rings. The summed E-state index contributed by atoms with van der Waals surface area (Å²) in [6.45, 7) is 0. The van der Waals surface area contributed by atoms with E-state index in [4.69, 9.17) is 0 Å². The number of benzene rings is 3. The molecule has 0 aliphatic heterocycles. The maximum absolute atomic E-state index is 14.0. The van der Waals surface area contributed by atoms with E-state index in [1.807, 2.05) is 0 Å². The van der Waals surface area contributed by atoms with Crippen LogP contribution in [0, 0.1) is 26.8 Å². The normalized spacial score (nSPS) is 11.4. The Morgan fingerprint density at radius 2 is 1.26 bits per heavy atom. The van der Waals surface area contributed by atoms with Gasteiger partial charge in [-0.1, -0.05) is 18.2 Å². The second-order valence-corrected chi connectivity index (χ2v) is 5.27. The molecule has 0 saturated carbocycles. The highest BCUT2D eigenvalue weighted by atomic mass is 127. The summed E-state index contributed by atoms with van der Waals surface area (Å²) in [4.78, 5) is 0. The molecule has 0 saturated heterocycles. The van der Waals surface area contributed by atoms with E-state index in [9.17, 15) is 17.6 Å². The second kappa shape index (κ2) is 4.33. The van der Waals surface area contributed by atoms with E-state index in [0.29, 0.717) is 10.8 Å². The maximum atomic E-state index is 14.0. The van der Waals surface area contributed by atoms with E-state index < -0.39 is 23.3 Å². The third-order valence-electron chi connectivity index (χ3n) is 3.01. The molecule has 0 N–H and O–H groups in total. The Morgan fingerprint density at radius 1 is 0.684 bits per heavy atom. The molecule has 0 unspecified atom stereocenters. The molecule has 0 aromatic heterocycles. The molecule has 0 aliphatic rings. The summed E-state index contributed by atoms with van der Waals surface area (Å²) in [6.07, 6.45) is 0. The zero-order valence-corrected chi connectivity index (χ0v) is 11.4. The maximum Gasteiger partial charge on any atom is 0.172 e. The summed E-state index contributed by atoms with van der Waals surface area (Å²) in [5.41, 5.74) is 0. The summed E-state index contributed by atoms with van der Waals surface area (Å²) in [5.74, 6) is -4.46. The number of rotatable bonds is 0. The van der Waals surface area contributed by atoms with Crippen molar-refractivity contribution in [3.63, 3.8) is 0 Å². The zero-order valence-electron chi connectivity index (χ0n) is 9.28. The Morgan fingerprint density at radius 3 is 2.00 bits per heavy atom. The SMILES string of the molecule is Fc1ccc2ccc3cc(I)c(F)c(F)c3c2c1F. The van der Waals surface area contributed by atoms with Gasteiger partial charge in [-0.15, -0.1) is 0 Å². The minimum Gasteiger partial charge on any atom is -0.204 e. The molecule has 0 radical (unpaired) electrons. The van der Waals surface area contributed by atoms with Gasteiger partial charge in [0.15, 0.2) is 23.3 Å². The molecule has 5 heteroatoms. The van der Waals surface area contributed by atoms with Crippen molar-refractivity contribution >= 4 is 44.1 Å². The van der Waals surface area contributed by atoms with Crippen molar-refractivity contribution in [2.45, 2.75) is 0 Å². The Kier molecular flexibility index (Phi) is 2.88. The van der Waals surface area contributed by atoms with Crippen LogP contribution in [0.4, 0.5) is 17.6 Å². The Labute approximate surface area is 119 Å². The van der Waals surface area contributed by atoms with E-state index in [2.05, 4.69) is 0 Å². The first-order valence-electron chi connectivity index (χ1n) is 5.34. The topological polar surface area (TPSA) is 0 Å². The lowest BCUT2D eigenvalue weighted by molar-refractivity contribution is 0.509. The summed E-state index contributed by atoms with van der Waals surface area (Å²) >= 11 is 1.65. The fraction of sp³-hybridized carbons (Fsp3) is 0. The monoisotopic (exact) mass is 376 g/mol. The van der Waals surface area contributed by atoms with Crippen LogP contribution in [0.5, 0.6) is 0 Å². The molecule has 3 aromatic carbocycles. The van der Waals surface area contributed by atoms with Gasteiger partial charge in [-0.25, -0.2) is 17.6 Å². The lowest BCUT2D eigenvalue weighted by atomic mass is 10.0. The first kappa shape index (κ1) is 12.7. The van der Waals surface area contributed by atoms with Crippen LogP contribution in [0.15, 0.2) is 30.3 Å². The highest BCUT2D eigenvalue weighted by Crippen LogP contribution is 2.33. The van der Waals surface area contributed by atoms with Crippen molar-refractivity contribution in [2.24, 2.45) is 0 Å². The van der Waals surface area contributed by atoms with Gasteiger partial charge in [0, 0.05) is 10.8 Å². The second-order valence-electron chi connectivity index (χ2n) is 4.11. The van der Waals surface area contributed by atoms with Gasteiger partial charge in [0.05, 0.1) is 3.57 Å². The van der Waals surface area contributed by atoms with E-state index in [1.165, 1.54) is 12.1 Å².